The van der Waals surface area contributed by atoms with Crippen LogP contribution in [0, 0.1) is 6.92 Å². The quantitative estimate of drug-likeness (QED) is 0.609. The summed E-state index contributed by atoms with van der Waals surface area (Å²) in [6.07, 6.45) is 1.62. The Bertz CT molecular complexity index is 1180. The highest BCUT2D eigenvalue weighted by Crippen LogP contribution is 2.14. The van der Waals surface area contributed by atoms with Crippen LogP contribution in [0.25, 0.3) is 16.7 Å². The fourth-order valence-corrected chi connectivity index (χ4v) is 3.12. The molecule has 0 radical (unpaired) electrons. The average molecular weight is 358 g/mol. The summed E-state index contributed by atoms with van der Waals surface area (Å²) in [5, 5.41) is 3.36. The first-order valence-corrected chi connectivity index (χ1v) is 8.62. The van der Waals surface area contributed by atoms with Crippen LogP contribution in [0.4, 0.5) is 5.69 Å². The average Bonchev–Trinajstić information content (AvgIpc) is 2.95. The van der Waals surface area contributed by atoms with Gasteiger partial charge in [0.2, 0.25) is 5.91 Å². The number of fused-ring (bicyclic) bond motifs is 1. The summed E-state index contributed by atoms with van der Waals surface area (Å²) in [7, 11) is 0. The number of rotatable bonds is 4. The second kappa shape index (κ2) is 6.92. The number of benzene rings is 2. The number of para-hydroxylation sites is 1. The molecule has 2 heterocycles. The Balaban J connectivity index is 1.76. The van der Waals surface area contributed by atoms with E-state index in [2.05, 4.69) is 10.3 Å². The van der Waals surface area contributed by atoms with Crippen molar-refractivity contribution in [2.75, 3.05) is 5.32 Å². The van der Waals surface area contributed by atoms with Gasteiger partial charge in [-0.15, -0.1) is 0 Å². The number of nitrogens with one attached hydrogen (secondary N) is 1. The van der Waals surface area contributed by atoms with Gasteiger partial charge in [0.25, 0.3) is 5.56 Å². The standard InChI is InChI=1S/C21H18N4O2/c1-15-7-5-8-16(13-15)23-19(26)14-24-20-18(11-6-12-22-20)21(27)25(24)17-9-3-2-4-10-17/h2-13H,14H2,1H3,(H,23,26). The summed E-state index contributed by atoms with van der Waals surface area (Å²) >= 11 is 0. The van der Waals surface area contributed by atoms with Crippen molar-refractivity contribution in [2.45, 2.75) is 13.5 Å². The topological polar surface area (TPSA) is 68.9 Å². The van der Waals surface area contributed by atoms with Crippen LogP contribution in [-0.2, 0) is 11.3 Å². The predicted molar refractivity (Wildman–Crippen MR) is 105 cm³/mol. The van der Waals surface area contributed by atoms with Crippen LogP contribution in [0.5, 0.6) is 0 Å². The first-order chi connectivity index (χ1) is 13.1. The van der Waals surface area contributed by atoms with E-state index in [1.54, 1.807) is 23.0 Å². The van der Waals surface area contributed by atoms with E-state index in [4.69, 9.17) is 0 Å². The zero-order valence-electron chi connectivity index (χ0n) is 14.8. The van der Waals surface area contributed by atoms with Gasteiger partial charge in [-0.3, -0.25) is 14.3 Å². The third-order valence-electron chi connectivity index (χ3n) is 4.29. The molecule has 27 heavy (non-hydrogen) atoms. The number of carbonyl (C=O) groups excluding carboxylic acids is 1. The third kappa shape index (κ3) is 3.25. The molecule has 0 aliphatic heterocycles. The van der Waals surface area contributed by atoms with Crippen LogP contribution in [0.15, 0.2) is 77.7 Å². The normalized spacial score (nSPS) is 10.9. The number of pyridine rings is 1. The van der Waals surface area contributed by atoms with Gasteiger partial charge in [-0.2, -0.15) is 0 Å². The molecule has 0 aliphatic carbocycles. The van der Waals surface area contributed by atoms with Gasteiger partial charge in [0.15, 0.2) is 5.65 Å². The maximum atomic E-state index is 12.9. The van der Waals surface area contributed by atoms with Crippen LogP contribution in [0.2, 0.25) is 0 Å². The minimum atomic E-state index is -0.229. The van der Waals surface area contributed by atoms with Gasteiger partial charge in [0.1, 0.15) is 6.54 Å². The van der Waals surface area contributed by atoms with Crippen molar-refractivity contribution in [2.24, 2.45) is 0 Å². The summed E-state index contributed by atoms with van der Waals surface area (Å²) in [4.78, 5) is 29.9. The molecule has 0 saturated carbocycles. The molecule has 0 atom stereocenters. The van der Waals surface area contributed by atoms with Gasteiger partial charge in [0, 0.05) is 11.9 Å². The van der Waals surface area contributed by atoms with Crippen LogP contribution in [0.1, 0.15) is 5.56 Å². The van der Waals surface area contributed by atoms with Crippen molar-refractivity contribution in [1.82, 2.24) is 14.3 Å². The summed E-state index contributed by atoms with van der Waals surface area (Å²) in [5.74, 6) is -0.229. The highest BCUT2D eigenvalue weighted by molar-refractivity contribution is 5.91. The molecular weight excluding hydrogens is 340 g/mol. The van der Waals surface area contributed by atoms with E-state index in [0.29, 0.717) is 16.7 Å². The van der Waals surface area contributed by atoms with Gasteiger partial charge in [0.05, 0.1) is 11.1 Å². The largest absolute Gasteiger partial charge is 0.324 e. The smallest absolute Gasteiger partial charge is 0.280 e. The van der Waals surface area contributed by atoms with E-state index in [0.717, 1.165) is 11.3 Å². The molecule has 0 saturated heterocycles. The first-order valence-electron chi connectivity index (χ1n) is 8.62. The van der Waals surface area contributed by atoms with Crippen molar-refractivity contribution in [3.63, 3.8) is 0 Å². The Morgan fingerprint density at radius 3 is 2.63 bits per heavy atom. The molecule has 6 heteroatoms. The number of nitrogens with zero attached hydrogens (tertiary/aromatic N) is 3. The number of amides is 1. The van der Waals surface area contributed by atoms with Crippen LogP contribution >= 0.6 is 0 Å². The molecule has 0 bridgehead atoms. The molecule has 1 N–H and O–H groups in total. The monoisotopic (exact) mass is 358 g/mol. The minimum Gasteiger partial charge on any atom is -0.324 e. The predicted octanol–water partition coefficient (Wildman–Crippen LogP) is 3.13. The minimum absolute atomic E-state index is 0.0292. The molecule has 6 nitrogen and oxygen atoms in total. The fourth-order valence-electron chi connectivity index (χ4n) is 3.12. The van der Waals surface area contributed by atoms with Crippen molar-refractivity contribution < 1.29 is 4.79 Å². The van der Waals surface area contributed by atoms with Crippen LogP contribution < -0.4 is 10.9 Å². The number of hydrogen-bond acceptors (Lipinski definition) is 3. The Labute approximate surface area is 155 Å². The molecule has 0 unspecified atom stereocenters. The van der Waals surface area contributed by atoms with Crippen molar-refractivity contribution in [3.05, 3.63) is 88.8 Å². The lowest BCUT2D eigenvalue weighted by atomic mass is 10.2. The van der Waals surface area contributed by atoms with Crippen LogP contribution in [0.3, 0.4) is 0 Å². The van der Waals surface area contributed by atoms with E-state index in [-0.39, 0.29) is 18.0 Å². The highest BCUT2D eigenvalue weighted by atomic mass is 16.2. The third-order valence-corrected chi connectivity index (χ3v) is 4.29. The molecular formula is C21H18N4O2. The maximum absolute atomic E-state index is 12.9. The summed E-state index contributed by atoms with van der Waals surface area (Å²) < 4.78 is 3.10. The molecule has 2 aromatic carbocycles. The van der Waals surface area contributed by atoms with E-state index in [1.165, 1.54) is 4.68 Å². The van der Waals surface area contributed by atoms with E-state index >= 15 is 0 Å². The van der Waals surface area contributed by atoms with Gasteiger partial charge in [-0.25, -0.2) is 9.67 Å². The van der Waals surface area contributed by atoms with Gasteiger partial charge in [-0.1, -0.05) is 30.3 Å². The van der Waals surface area contributed by atoms with E-state index < -0.39 is 0 Å². The lowest BCUT2D eigenvalue weighted by molar-refractivity contribution is -0.116. The Hall–Kier alpha value is -3.67. The maximum Gasteiger partial charge on any atom is 0.280 e. The summed E-state index contributed by atoms with van der Waals surface area (Å²) in [5.41, 5.74) is 2.74. The zero-order valence-corrected chi connectivity index (χ0v) is 14.8. The van der Waals surface area contributed by atoms with Gasteiger partial charge >= 0.3 is 0 Å². The van der Waals surface area contributed by atoms with Crippen molar-refractivity contribution in [1.29, 1.82) is 0 Å². The first kappa shape index (κ1) is 16.8. The SMILES string of the molecule is Cc1cccc(NC(=O)Cn2c3ncccc3c(=O)n2-c2ccccc2)c1. The Kier molecular flexibility index (Phi) is 4.30. The Morgan fingerprint density at radius 1 is 1.04 bits per heavy atom. The Morgan fingerprint density at radius 2 is 1.85 bits per heavy atom. The molecule has 0 aliphatic rings. The van der Waals surface area contributed by atoms with Gasteiger partial charge in [-0.05, 0) is 48.9 Å². The summed E-state index contributed by atoms with van der Waals surface area (Å²) in [6.45, 7) is 1.94. The highest BCUT2D eigenvalue weighted by Gasteiger charge is 2.17. The van der Waals surface area contributed by atoms with Crippen LogP contribution in [-0.4, -0.2) is 20.3 Å². The van der Waals surface area contributed by atoms with Crippen molar-refractivity contribution in [3.8, 4) is 5.69 Å². The molecule has 4 aromatic rings. The zero-order chi connectivity index (χ0) is 18.8. The van der Waals surface area contributed by atoms with Crippen molar-refractivity contribution >= 4 is 22.6 Å². The molecule has 0 spiro atoms. The number of aryl methyl sites for hydroxylation is 1. The summed E-state index contributed by atoms with van der Waals surface area (Å²) in [6, 6.07) is 20.3. The lowest BCUT2D eigenvalue weighted by Gasteiger charge is -2.12. The molecule has 2 aromatic heterocycles. The molecule has 1 amide bonds. The van der Waals surface area contributed by atoms with Gasteiger partial charge < -0.3 is 5.32 Å². The molecule has 0 fully saturated rings. The van der Waals surface area contributed by atoms with E-state index in [1.807, 2.05) is 61.5 Å². The second-order valence-electron chi connectivity index (χ2n) is 6.30. The van der Waals surface area contributed by atoms with E-state index in [9.17, 15) is 9.59 Å². The molecule has 134 valence electrons. The number of aromatic nitrogens is 3. The second-order valence-corrected chi connectivity index (χ2v) is 6.30. The number of anilines is 1. The fraction of sp³-hybridized carbons (Fsp3) is 0.0952. The number of hydrogen-bond donors (Lipinski definition) is 1. The number of carbonyl (C=O) groups is 1. The lowest BCUT2D eigenvalue weighted by Crippen LogP contribution is -2.27. The molecule has 4 rings (SSSR count).